The van der Waals surface area contributed by atoms with Crippen LogP contribution in [0.3, 0.4) is 0 Å². The Labute approximate surface area is 105 Å². The van der Waals surface area contributed by atoms with Crippen LogP contribution in [0.5, 0.6) is 0 Å². The number of carbonyl (C=O) groups is 2. The minimum atomic E-state index is -0.846. The summed E-state index contributed by atoms with van der Waals surface area (Å²) in [4.78, 5) is 23.3. The molecule has 100 valence electrons. The molecule has 0 saturated heterocycles. The number of hydrogen-bond acceptors (Lipinski definition) is 4. The lowest BCUT2D eigenvalue weighted by Gasteiger charge is -2.09. The Balaban J connectivity index is 2.31. The van der Waals surface area contributed by atoms with E-state index >= 15 is 0 Å². The number of amides is 1. The fourth-order valence-electron chi connectivity index (χ4n) is 1.41. The molecule has 0 unspecified atom stereocenters. The average Bonchev–Trinajstić information content (AvgIpc) is 2.74. The Morgan fingerprint density at radius 3 is 2.72 bits per heavy atom. The zero-order valence-electron chi connectivity index (χ0n) is 10.7. The summed E-state index contributed by atoms with van der Waals surface area (Å²) < 4.78 is 1.64. The van der Waals surface area contributed by atoms with Crippen molar-refractivity contribution in [1.29, 1.82) is 0 Å². The van der Waals surface area contributed by atoms with Crippen LogP contribution in [0.15, 0.2) is 6.20 Å². The Kier molecular flexibility index (Phi) is 5.29. The molecule has 0 radical (unpaired) electrons. The lowest BCUT2D eigenvalue weighted by molar-refractivity contribution is -0.137. The molecule has 0 saturated carbocycles. The van der Waals surface area contributed by atoms with E-state index in [1.165, 1.54) is 0 Å². The quantitative estimate of drug-likeness (QED) is 0.749. The Morgan fingerprint density at radius 1 is 1.39 bits per heavy atom. The van der Waals surface area contributed by atoms with Crippen molar-refractivity contribution in [1.82, 2.24) is 19.9 Å². The maximum absolute atomic E-state index is 11.3. The molecule has 0 aliphatic heterocycles. The van der Waals surface area contributed by atoms with Gasteiger partial charge in [-0.05, 0) is 6.42 Å². The second-order valence-electron chi connectivity index (χ2n) is 4.26. The summed E-state index contributed by atoms with van der Waals surface area (Å²) in [6, 6.07) is 0. The third-order valence-corrected chi connectivity index (χ3v) is 2.46. The largest absolute Gasteiger partial charge is 0.481 e. The number of aliphatic carboxylic acids is 1. The van der Waals surface area contributed by atoms with Crippen LogP contribution >= 0.6 is 0 Å². The van der Waals surface area contributed by atoms with E-state index in [0.717, 1.165) is 0 Å². The summed E-state index contributed by atoms with van der Waals surface area (Å²) in [7, 11) is 3.45. The van der Waals surface area contributed by atoms with Crippen LogP contribution in [0.4, 0.5) is 0 Å². The van der Waals surface area contributed by atoms with Crippen LogP contribution in [0, 0.1) is 0 Å². The van der Waals surface area contributed by atoms with Crippen molar-refractivity contribution in [2.24, 2.45) is 0 Å². The molecular weight excluding hydrogens is 236 g/mol. The Hall–Kier alpha value is -1.92. The molecule has 1 heterocycles. The summed E-state index contributed by atoms with van der Waals surface area (Å²) in [5.74, 6) is -0.762. The molecule has 0 aliphatic rings. The van der Waals surface area contributed by atoms with E-state index in [4.69, 9.17) is 5.11 Å². The number of carbonyl (C=O) groups excluding carboxylic acids is 1. The maximum atomic E-state index is 11.3. The molecular formula is C11H18N4O3. The van der Waals surface area contributed by atoms with Gasteiger partial charge in [-0.1, -0.05) is 5.21 Å². The van der Waals surface area contributed by atoms with Crippen molar-refractivity contribution < 1.29 is 14.7 Å². The third-order valence-electron chi connectivity index (χ3n) is 2.46. The molecule has 1 amide bonds. The Morgan fingerprint density at radius 2 is 2.11 bits per heavy atom. The number of rotatable bonds is 7. The lowest BCUT2D eigenvalue weighted by Crippen LogP contribution is -2.21. The molecule has 1 N–H and O–H groups in total. The van der Waals surface area contributed by atoms with Crippen LogP contribution in [0.1, 0.15) is 25.0 Å². The standard InChI is InChI=1S/C11H18N4O3/c1-14(2)10(16)4-3-7-15-8-9(12-13-15)5-6-11(17)18/h8H,3-7H2,1-2H3,(H,17,18). The highest BCUT2D eigenvalue weighted by molar-refractivity contribution is 5.75. The second kappa shape index (κ2) is 6.73. The molecule has 0 atom stereocenters. The van der Waals surface area contributed by atoms with E-state index in [-0.39, 0.29) is 12.3 Å². The number of carboxylic acids is 1. The first-order valence-corrected chi connectivity index (χ1v) is 5.80. The first kappa shape index (κ1) is 14.1. The van der Waals surface area contributed by atoms with Gasteiger partial charge >= 0.3 is 5.97 Å². The normalized spacial score (nSPS) is 10.3. The van der Waals surface area contributed by atoms with E-state index < -0.39 is 5.97 Å². The predicted octanol–water partition coefficient (Wildman–Crippen LogP) is 0.164. The van der Waals surface area contributed by atoms with Gasteiger partial charge in [-0.3, -0.25) is 14.3 Å². The van der Waals surface area contributed by atoms with Crippen LogP contribution in [0.2, 0.25) is 0 Å². The van der Waals surface area contributed by atoms with Gasteiger partial charge in [0.2, 0.25) is 5.91 Å². The minimum Gasteiger partial charge on any atom is -0.481 e. The third kappa shape index (κ3) is 4.94. The second-order valence-corrected chi connectivity index (χ2v) is 4.26. The van der Waals surface area contributed by atoms with Crippen LogP contribution in [0.25, 0.3) is 0 Å². The first-order valence-electron chi connectivity index (χ1n) is 5.80. The highest BCUT2D eigenvalue weighted by Gasteiger charge is 2.06. The molecule has 1 aromatic rings. The number of aryl methyl sites for hydroxylation is 2. The number of carboxylic acid groups (broad SMARTS) is 1. The zero-order chi connectivity index (χ0) is 13.5. The highest BCUT2D eigenvalue weighted by Crippen LogP contribution is 2.01. The van der Waals surface area contributed by atoms with E-state index in [1.54, 1.807) is 29.9 Å². The summed E-state index contributed by atoms with van der Waals surface area (Å²) >= 11 is 0. The molecule has 0 aliphatic carbocycles. The molecule has 7 nitrogen and oxygen atoms in total. The van der Waals surface area contributed by atoms with E-state index in [1.807, 2.05) is 0 Å². The fourth-order valence-corrected chi connectivity index (χ4v) is 1.41. The maximum Gasteiger partial charge on any atom is 0.303 e. The smallest absolute Gasteiger partial charge is 0.303 e. The number of nitrogens with zero attached hydrogens (tertiary/aromatic N) is 4. The van der Waals surface area contributed by atoms with Gasteiger partial charge in [-0.25, -0.2) is 0 Å². The molecule has 7 heteroatoms. The van der Waals surface area contributed by atoms with E-state index in [2.05, 4.69) is 10.3 Å². The van der Waals surface area contributed by atoms with Crippen molar-refractivity contribution in [3.8, 4) is 0 Å². The van der Waals surface area contributed by atoms with Gasteiger partial charge in [0.1, 0.15) is 0 Å². The topological polar surface area (TPSA) is 88.3 Å². The summed E-state index contributed by atoms with van der Waals surface area (Å²) in [6.45, 7) is 0.611. The Bertz CT molecular complexity index is 414. The average molecular weight is 254 g/mol. The van der Waals surface area contributed by atoms with Crippen molar-refractivity contribution in [2.45, 2.75) is 32.2 Å². The zero-order valence-corrected chi connectivity index (χ0v) is 10.7. The van der Waals surface area contributed by atoms with Crippen molar-refractivity contribution >= 4 is 11.9 Å². The van der Waals surface area contributed by atoms with Gasteiger partial charge < -0.3 is 10.0 Å². The van der Waals surface area contributed by atoms with Crippen molar-refractivity contribution in [3.05, 3.63) is 11.9 Å². The molecule has 0 fully saturated rings. The summed E-state index contributed by atoms with van der Waals surface area (Å²) in [5.41, 5.74) is 0.663. The molecule has 0 aromatic carbocycles. The summed E-state index contributed by atoms with van der Waals surface area (Å²) in [5, 5.41) is 16.3. The number of hydrogen-bond donors (Lipinski definition) is 1. The van der Waals surface area contributed by atoms with Gasteiger partial charge in [0, 0.05) is 39.7 Å². The molecule has 0 bridgehead atoms. The lowest BCUT2D eigenvalue weighted by atomic mass is 10.2. The van der Waals surface area contributed by atoms with Gasteiger partial charge in [0.25, 0.3) is 0 Å². The van der Waals surface area contributed by atoms with Crippen LogP contribution < -0.4 is 0 Å². The van der Waals surface area contributed by atoms with E-state index in [9.17, 15) is 9.59 Å². The predicted molar refractivity (Wildman–Crippen MR) is 63.9 cm³/mol. The van der Waals surface area contributed by atoms with E-state index in [0.29, 0.717) is 31.5 Å². The van der Waals surface area contributed by atoms with Crippen molar-refractivity contribution in [2.75, 3.05) is 14.1 Å². The fraction of sp³-hybridized carbons (Fsp3) is 0.636. The van der Waals surface area contributed by atoms with Gasteiger partial charge in [0.15, 0.2) is 0 Å². The molecule has 0 spiro atoms. The van der Waals surface area contributed by atoms with Gasteiger partial charge in [-0.2, -0.15) is 0 Å². The van der Waals surface area contributed by atoms with Crippen LogP contribution in [-0.2, 0) is 22.6 Å². The van der Waals surface area contributed by atoms with Crippen molar-refractivity contribution in [3.63, 3.8) is 0 Å². The molecule has 1 rings (SSSR count). The molecule has 1 aromatic heterocycles. The minimum absolute atomic E-state index is 0.0534. The SMILES string of the molecule is CN(C)C(=O)CCCn1cc(CCC(=O)O)nn1. The van der Waals surface area contributed by atoms with Gasteiger partial charge in [0.05, 0.1) is 12.1 Å². The highest BCUT2D eigenvalue weighted by atomic mass is 16.4. The van der Waals surface area contributed by atoms with Crippen LogP contribution in [-0.4, -0.2) is 51.0 Å². The monoisotopic (exact) mass is 254 g/mol. The summed E-state index contributed by atoms with van der Waals surface area (Å²) in [6.07, 6.45) is 3.32. The van der Waals surface area contributed by atoms with Gasteiger partial charge in [-0.15, -0.1) is 5.10 Å². The molecule has 18 heavy (non-hydrogen) atoms. The number of aromatic nitrogens is 3. The first-order chi connectivity index (χ1) is 8.49.